The normalized spacial score (nSPS) is 42.0. The summed E-state index contributed by atoms with van der Waals surface area (Å²) in [4.78, 5) is 0. The lowest BCUT2D eigenvalue weighted by Crippen LogP contribution is -1.87. The Kier molecular flexibility index (Phi) is 2.96. The molecule has 4 atom stereocenters. The van der Waals surface area contributed by atoms with Crippen molar-refractivity contribution in [2.45, 2.75) is 51.9 Å². The van der Waals surface area contributed by atoms with Crippen LogP contribution in [0.25, 0.3) is 0 Å². The number of hydrogen-bond acceptors (Lipinski definition) is 0. The van der Waals surface area contributed by atoms with Gasteiger partial charge in [-0.3, -0.25) is 0 Å². The average Bonchev–Trinajstić information content (AvgIpc) is 2.97. The van der Waals surface area contributed by atoms with Crippen LogP contribution >= 0.6 is 0 Å². The van der Waals surface area contributed by atoms with Gasteiger partial charge in [0.15, 0.2) is 0 Å². The lowest BCUT2D eigenvalue weighted by atomic mass is 10.1. The highest BCUT2D eigenvalue weighted by Gasteiger charge is 2.43. The van der Waals surface area contributed by atoms with Crippen LogP contribution in [0.15, 0.2) is 0 Å². The van der Waals surface area contributed by atoms with E-state index in [1.807, 2.05) is 0 Å². The third-order valence-electron chi connectivity index (χ3n) is 3.92. The summed E-state index contributed by atoms with van der Waals surface area (Å²) in [5.41, 5.74) is 0. The first-order valence-electron chi connectivity index (χ1n) is 6.14. The van der Waals surface area contributed by atoms with Crippen molar-refractivity contribution in [2.75, 3.05) is 0 Å². The summed E-state index contributed by atoms with van der Waals surface area (Å²) in [6.45, 7) is 6.41. The van der Waals surface area contributed by atoms with Crippen LogP contribution in [-0.4, -0.2) is 0 Å². The van der Waals surface area contributed by atoms with Crippen molar-refractivity contribution < 1.29 is 0 Å². The summed E-state index contributed by atoms with van der Waals surface area (Å²) < 4.78 is 0. The van der Waals surface area contributed by atoms with Crippen LogP contribution in [0.1, 0.15) is 51.9 Å². The fraction of sp³-hybridized carbons (Fsp3) is 0.923. The quantitative estimate of drug-likeness (QED) is 0.539. The highest BCUT2D eigenvalue weighted by molar-refractivity contribution is 4.95. The summed E-state index contributed by atoms with van der Waals surface area (Å²) in [5.74, 6) is 4.10. The first-order valence-corrected chi connectivity index (χ1v) is 6.14. The van der Waals surface area contributed by atoms with Crippen molar-refractivity contribution >= 4 is 0 Å². The standard InChI is InChI=1S/C13H23/c1-3-4-5-6-11-8-13(11)9-12-7-10(12)2/h10-13H,2-9H2,1H3. The molecule has 0 amide bonds. The Morgan fingerprint density at radius 2 is 1.85 bits per heavy atom. The van der Waals surface area contributed by atoms with Crippen molar-refractivity contribution in [3.05, 3.63) is 6.92 Å². The van der Waals surface area contributed by atoms with E-state index < -0.39 is 0 Å². The smallest absolute Gasteiger partial charge is 0.0380 e. The molecule has 0 aromatic heterocycles. The Hall–Kier alpha value is 0. The Labute approximate surface area is 83.1 Å². The molecule has 4 unspecified atom stereocenters. The molecule has 2 aliphatic carbocycles. The molecule has 0 aliphatic heterocycles. The van der Waals surface area contributed by atoms with Crippen molar-refractivity contribution in [1.29, 1.82) is 0 Å². The van der Waals surface area contributed by atoms with E-state index in [2.05, 4.69) is 13.8 Å². The fourth-order valence-electron chi connectivity index (χ4n) is 2.60. The molecular formula is C13H23. The lowest BCUT2D eigenvalue weighted by Gasteiger charge is -1.98. The molecule has 13 heavy (non-hydrogen) atoms. The molecule has 2 rings (SSSR count). The molecule has 0 nitrogen and oxygen atoms in total. The zero-order valence-corrected chi connectivity index (χ0v) is 8.97. The van der Waals surface area contributed by atoms with Gasteiger partial charge >= 0.3 is 0 Å². The Balaban J connectivity index is 1.50. The predicted molar refractivity (Wildman–Crippen MR) is 57.3 cm³/mol. The third kappa shape index (κ3) is 2.72. The zero-order chi connectivity index (χ0) is 9.26. The molecule has 0 saturated heterocycles. The van der Waals surface area contributed by atoms with Crippen molar-refractivity contribution in [2.24, 2.45) is 23.7 Å². The molecule has 75 valence electrons. The SMILES string of the molecule is [CH2]C1CC1CC1CC1CCCCC. The fourth-order valence-corrected chi connectivity index (χ4v) is 2.60. The molecule has 0 aromatic carbocycles. The molecule has 0 aromatic rings. The zero-order valence-electron chi connectivity index (χ0n) is 8.97. The van der Waals surface area contributed by atoms with Crippen LogP contribution in [0, 0.1) is 30.6 Å². The summed E-state index contributed by atoms with van der Waals surface area (Å²) in [6.07, 6.45) is 10.3. The van der Waals surface area contributed by atoms with Crippen LogP contribution in [0.2, 0.25) is 0 Å². The second-order valence-corrected chi connectivity index (χ2v) is 5.24. The van der Waals surface area contributed by atoms with Gasteiger partial charge in [-0.1, -0.05) is 32.6 Å². The Bertz CT molecular complexity index is 161. The molecule has 0 spiro atoms. The minimum absolute atomic E-state index is 0.830. The van der Waals surface area contributed by atoms with Gasteiger partial charge in [0, 0.05) is 0 Å². The summed E-state index contributed by atoms with van der Waals surface area (Å²) in [5, 5.41) is 0. The van der Waals surface area contributed by atoms with Crippen LogP contribution in [0.5, 0.6) is 0 Å². The van der Waals surface area contributed by atoms with E-state index in [9.17, 15) is 0 Å². The van der Waals surface area contributed by atoms with Gasteiger partial charge in [-0.15, -0.1) is 0 Å². The van der Waals surface area contributed by atoms with Gasteiger partial charge in [0.1, 0.15) is 0 Å². The van der Waals surface area contributed by atoms with Crippen molar-refractivity contribution in [3.8, 4) is 0 Å². The monoisotopic (exact) mass is 179 g/mol. The summed E-state index contributed by atoms with van der Waals surface area (Å²) >= 11 is 0. The molecule has 2 fully saturated rings. The van der Waals surface area contributed by atoms with Crippen LogP contribution in [-0.2, 0) is 0 Å². The first-order chi connectivity index (χ1) is 6.31. The van der Waals surface area contributed by atoms with Gasteiger partial charge in [0.25, 0.3) is 0 Å². The van der Waals surface area contributed by atoms with Gasteiger partial charge in [0.2, 0.25) is 0 Å². The first kappa shape index (κ1) is 9.55. The maximum absolute atomic E-state index is 4.11. The van der Waals surface area contributed by atoms with Gasteiger partial charge in [0.05, 0.1) is 0 Å². The maximum atomic E-state index is 4.11. The maximum Gasteiger partial charge on any atom is -0.0380 e. The summed E-state index contributed by atoms with van der Waals surface area (Å²) in [6, 6.07) is 0. The highest BCUT2D eigenvalue weighted by Crippen LogP contribution is 2.52. The molecule has 0 bridgehead atoms. The van der Waals surface area contributed by atoms with Gasteiger partial charge in [-0.2, -0.15) is 0 Å². The minimum atomic E-state index is 0.830. The van der Waals surface area contributed by atoms with E-state index in [1.54, 1.807) is 6.42 Å². The molecule has 2 saturated carbocycles. The Morgan fingerprint density at radius 1 is 1.08 bits per heavy atom. The Morgan fingerprint density at radius 3 is 2.46 bits per heavy atom. The lowest BCUT2D eigenvalue weighted by molar-refractivity contribution is 0.536. The molecular weight excluding hydrogens is 156 g/mol. The van der Waals surface area contributed by atoms with Gasteiger partial charge in [-0.05, 0) is 49.9 Å². The van der Waals surface area contributed by atoms with E-state index in [4.69, 9.17) is 0 Å². The van der Waals surface area contributed by atoms with E-state index in [0.29, 0.717) is 0 Å². The number of rotatable bonds is 6. The number of hydrogen-bond donors (Lipinski definition) is 0. The van der Waals surface area contributed by atoms with Crippen LogP contribution in [0.3, 0.4) is 0 Å². The van der Waals surface area contributed by atoms with Crippen LogP contribution < -0.4 is 0 Å². The molecule has 2 aliphatic rings. The largest absolute Gasteiger partial charge is 0.0654 e. The summed E-state index contributed by atoms with van der Waals surface area (Å²) in [7, 11) is 0. The molecule has 1 radical (unpaired) electrons. The van der Waals surface area contributed by atoms with E-state index in [1.165, 1.54) is 38.5 Å². The van der Waals surface area contributed by atoms with E-state index in [-0.39, 0.29) is 0 Å². The topological polar surface area (TPSA) is 0 Å². The molecule has 0 heterocycles. The second kappa shape index (κ2) is 4.02. The average molecular weight is 179 g/mol. The van der Waals surface area contributed by atoms with Gasteiger partial charge in [-0.25, -0.2) is 0 Å². The minimum Gasteiger partial charge on any atom is -0.0654 e. The van der Waals surface area contributed by atoms with Crippen LogP contribution in [0.4, 0.5) is 0 Å². The van der Waals surface area contributed by atoms with E-state index >= 15 is 0 Å². The predicted octanol–water partition coefficient (Wildman–Crippen LogP) is 4.06. The van der Waals surface area contributed by atoms with E-state index in [0.717, 1.165) is 23.7 Å². The second-order valence-electron chi connectivity index (χ2n) is 5.24. The van der Waals surface area contributed by atoms with Crippen molar-refractivity contribution in [1.82, 2.24) is 0 Å². The molecule has 0 heteroatoms. The van der Waals surface area contributed by atoms with Gasteiger partial charge < -0.3 is 0 Å². The number of unbranched alkanes of at least 4 members (excludes halogenated alkanes) is 2. The molecule has 0 N–H and O–H groups in total. The highest BCUT2D eigenvalue weighted by atomic mass is 14.5. The third-order valence-corrected chi connectivity index (χ3v) is 3.92. The van der Waals surface area contributed by atoms with Crippen molar-refractivity contribution in [3.63, 3.8) is 0 Å².